The highest BCUT2D eigenvalue weighted by Gasteiger charge is 2.27. The monoisotopic (exact) mass is 453 g/mol. The molecule has 3 aromatic heterocycles. The minimum absolute atomic E-state index is 0.0536. The molecular formula is C23H21F2N5OS. The Kier molecular flexibility index (Phi) is 5.42. The van der Waals surface area contributed by atoms with Crippen LogP contribution in [0.4, 0.5) is 8.78 Å². The summed E-state index contributed by atoms with van der Waals surface area (Å²) < 4.78 is 29.6. The normalized spacial score (nSPS) is 15.8. The van der Waals surface area contributed by atoms with E-state index in [4.69, 9.17) is 4.98 Å². The highest BCUT2D eigenvalue weighted by atomic mass is 32.1. The second kappa shape index (κ2) is 8.38. The zero-order chi connectivity index (χ0) is 22.2. The number of halogens is 2. The average molecular weight is 454 g/mol. The van der Waals surface area contributed by atoms with E-state index in [1.807, 2.05) is 30.3 Å². The maximum atomic E-state index is 13.2. The fourth-order valence-electron chi connectivity index (χ4n) is 4.21. The van der Waals surface area contributed by atoms with Crippen LogP contribution in [0.15, 0.2) is 48.1 Å². The lowest BCUT2D eigenvalue weighted by Gasteiger charge is -2.22. The molecule has 0 amide bonds. The van der Waals surface area contributed by atoms with E-state index in [2.05, 4.69) is 20.8 Å². The van der Waals surface area contributed by atoms with Crippen molar-refractivity contribution in [3.8, 4) is 21.8 Å². The number of aryl methyl sites for hydroxylation is 2. The first-order valence-electron chi connectivity index (χ1n) is 10.4. The van der Waals surface area contributed by atoms with Gasteiger partial charge in [-0.3, -0.25) is 9.48 Å². The summed E-state index contributed by atoms with van der Waals surface area (Å²) in [5, 5.41) is 5.91. The number of Topliss-reactive ketones (excluding diaryl/α,β-unsaturated/α-hetero) is 1. The smallest absolute Gasteiger partial charge is 0.281 e. The molecule has 164 valence electrons. The third-order valence-corrected chi connectivity index (χ3v) is 6.72. The van der Waals surface area contributed by atoms with E-state index in [0.29, 0.717) is 22.7 Å². The molecule has 1 aliphatic heterocycles. The molecule has 1 unspecified atom stereocenters. The van der Waals surface area contributed by atoms with Gasteiger partial charge in [-0.1, -0.05) is 30.3 Å². The van der Waals surface area contributed by atoms with Crippen LogP contribution >= 0.6 is 11.3 Å². The van der Waals surface area contributed by atoms with Gasteiger partial charge in [0.2, 0.25) is 0 Å². The van der Waals surface area contributed by atoms with Crippen molar-refractivity contribution in [2.75, 3.05) is 0 Å². The molecule has 4 heterocycles. The first kappa shape index (κ1) is 20.7. The van der Waals surface area contributed by atoms with Gasteiger partial charge < -0.3 is 4.57 Å². The summed E-state index contributed by atoms with van der Waals surface area (Å²) in [4.78, 5) is 22.0. The number of fused-ring (bicyclic) bond motifs is 1. The van der Waals surface area contributed by atoms with Crippen molar-refractivity contribution in [3.63, 3.8) is 0 Å². The minimum Gasteiger partial charge on any atom is -0.334 e. The number of rotatable bonds is 6. The van der Waals surface area contributed by atoms with Gasteiger partial charge >= 0.3 is 0 Å². The number of nitrogens with zero attached hydrogens (tertiary/aromatic N) is 5. The van der Waals surface area contributed by atoms with Crippen LogP contribution in [-0.4, -0.2) is 30.1 Å². The number of thiazole rings is 1. The van der Waals surface area contributed by atoms with E-state index in [1.54, 1.807) is 7.05 Å². The lowest BCUT2D eigenvalue weighted by atomic mass is 9.91. The number of carbonyl (C=O) groups excluding carboxylic acids is 1. The molecule has 0 spiro atoms. The van der Waals surface area contributed by atoms with Crippen LogP contribution in [0, 0.1) is 5.92 Å². The number of hydrogen-bond acceptors (Lipinski definition) is 5. The molecular weight excluding hydrogens is 432 g/mol. The van der Waals surface area contributed by atoms with Crippen molar-refractivity contribution in [3.05, 3.63) is 65.3 Å². The largest absolute Gasteiger partial charge is 0.334 e. The molecule has 0 saturated heterocycles. The Morgan fingerprint density at radius 1 is 1.25 bits per heavy atom. The first-order valence-corrected chi connectivity index (χ1v) is 11.3. The number of imidazole rings is 1. The molecule has 0 radical (unpaired) electrons. The van der Waals surface area contributed by atoms with Crippen LogP contribution < -0.4 is 0 Å². The Morgan fingerprint density at radius 3 is 2.81 bits per heavy atom. The Hall–Kier alpha value is -3.20. The quantitative estimate of drug-likeness (QED) is 0.377. The number of carbonyl (C=O) groups is 1. The summed E-state index contributed by atoms with van der Waals surface area (Å²) in [6.07, 6.45) is 2.92. The van der Waals surface area contributed by atoms with Crippen molar-refractivity contribution in [2.45, 2.75) is 32.2 Å². The SMILES string of the molecule is Cn1ncc(-c2nc(C(F)F)cs2)c1C(=O)CC1CCn2cc(-c3ccccc3)nc2C1. The van der Waals surface area contributed by atoms with E-state index >= 15 is 0 Å². The predicted octanol–water partition coefficient (Wildman–Crippen LogP) is 5.18. The number of aromatic nitrogens is 5. The van der Waals surface area contributed by atoms with Crippen molar-refractivity contribution in [1.29, 1.82) is 0 Å². The molecule has 1 aliphatic rings. The van der Waals surface area contributed by atoms with Crippen LogP contribution in [0.5, 0.6) is 0 Å². The fourth-order valence-corrected chi connectivity index (χ4v) is 5.03. The van der Waals surface area contributed by atoms with Gasteiger partial charge in [0, 0.05) is 43.6 Å². The van der Waals surface area contributed by atoms with Crippen LogP contribution in [-0.2, 0) is 20.0 Å². The Labute approximate surface area is 187 Å². The Bertz CT molecular complexity index is 1260. The van der Waals surface area contributed by atoms with Gasteiger partial charge in [-0.2, -0.15) is 5.10 Å². The van der Waals surface area contributed by atoms with Crippen LogP contribution in [0.25, 0.3) is 21.8 Å². The molecule has 6 nitrogen and oxygen atoms in total. The Morgan fingerprint density at radius 2 is 2.06 bits per heavy atom. The number of hydrogen-bond donors (Lipinski definition) is 0. The molecule has 5 rings (SSSR count). The third kappa shape index (κ3) is 3.88. The first-order chi connectivity index (χ1) is 15.5. The molecule has 0 bridgehead atoms. The predicted molar refractivity (Wildman–Crippen MR) is 118 cm³/mol. The fraction of sp³-hybridized carbons (Fsp3) is 0.304. The van der Waals surface area contributed by atoms with Crippen molar-refractivity contribution in [2.24, 2.45) is 13.0 Å². The number of alkyl halides is 2. The molecule has 4 aromatic rings. The second-order valence-corrected chi connectivity index (χ2v) is 8.85. The maximum Gasteiger partial charge on any atom is 0.281 e. The van der Waals surface area contributed by atoms with Gasteiger partial charge in [0.05, 0.1) is 17.5 Å². The lowest BCUT2D eigenvalue weighted by molar-refractivity contribution is 0.0945. The summed E-state index contributed by atoms with van der Waals surface area (Å²) in [5.41, 5.74) is 2.67. The lowest BCUT2D eigenvalue weighted by Crippen LogP contribution is -2.22. The van der Waals surface area contributed by atoms with Crippen LogP contribution in [0.3, 0.4) is 0 Å². The van der Waals surface area contributed by atoms with Gasteiger partial charge in [-0.15, -0.1) is 11.3 Å². The highest BCUT2D eigenvalue weighted by Crippen LogP contribution is 2.33. The summed E-state index contributed by atoms with van der Waals surface area (Å²) >= 11 is 1.10. The third-order valence-electron chi connectivity index (χ3n) is 5.83. The van der Waals surface area contributed by atoms with E-state index in [1.165, 1.54) is 16.3 Å². The van der Waals surface area contributed by atoms with Crippen molar-refractivity contribution < 1.29 is 13.6 Å². The second-order valence-electron chi connectivity index (χ2n) is 8.00. The molecule has 1 atom stereocenters. The van der Waals surface area contributed by atoms with Gasteiger partial charge in [0.25, 0.3) is 6.43 Å². The molecule has 0 aliphatic carbocycles. The topological polar surface area (TPSA) is 65.6 Å². The van der Waals surface area contributed by atoms with Gasteiger partial charge in [0.15, 0.2) is 5.78 Å². The molecule has 1 aromatic carbocycles. The molecule has 0 fully saturated rings. The zero-order valence-corrected chi connectivity index (χ0v) is 18.2. The van der Waals surface area contributed by atoms with E-state index in [-0.39, 0.29) is 17.4 Å². The van der Waals surface area contributed by atoms with E-state index in [9.17, 15) is 13.6 Å². The van der Waals surface area contributed by atoms with Crippen molar-refractivity contribution >= 4 is 17.1 Å². The highest BCUT2D eigenvalue weighted by molar-refractivity contribution is 7.13. The number of ketones is 1. The van der Waals surface area contributed by atoms with Crippen LogP contribution in [0.1, 0.15) is 41.3 Å². The Balaban J connectivity index is 1.33. The van der Waals surface area contributed by atoms with Gasteiger partial charge in [-0.25, -0.2) is 18.7 Å². The van der Waals surface area contributed by atoms with Gasteiger partial charge in [-0.05, 0) is 12.3 Å². The average Bonchev–Trinajstić information content (AvgIpc) is 3.51. The summed E-state index contributed by atoms with van der Waals surface area (Å²) in [6.45, 7) is 0.815. The van der Waals surface area contributed by atoms with Crippen LogP contribution in [0.2, 0.25) is 0 Å². The summed E-state index contributed by atoms with van der Waals surface area (Å²) in [7, 11) is 1.69. The standard InChI is InChI=1S/C23H21F2N5OS/c1-29-21(16(11-26-29)23-28-18(13-32-23)22(24)25)19(31)9-14-7-8-30-12-17(27-20(30)10-14)15-5-3-2-4-6-15/h2-6,11-14,22H,7-10H2,1H3. The van der Waals surface area contributed by atoms with E-state index in [0.717, 1.165) is 47.8 Å². The molecule has 0 N–H and O–H groups in total. The molecule has 0 saturated carbocycles. The number of benzene rings is 1. The summed E-state index contributed by atoms with van der Waals surface area (Å²) in [6, 6.07) is 10.0. The van der Waals surface area contributed by atoms with Gasteiger partial charge in [0.1, 0.15) is 22.2 Å². The molecule has 9 heteroatoms. The summed E-state index contributed by atoms with van der Waals surface area (Å²) in [5.74, 6) is 1.10. The van der Waals surface area contributed by atoms with Crippen molar-refractivity contribution in [1.82, 2.24) is 24.3 Å². The minimum atomic E-state index is -2.64. The molecule has 32 heavy (non-hydrogen) atoms. The maximum absolute atomic E-state index is 13.2. The van der Waals surface area contributed by atoms with E-state index < -0.39 is 6.43 Å². The zero-order valence-electron chi connectivity index (χ0n) is 17.4.